The van der Waals surface area contributed by atoms with Crippen LogP contribution in [0.1, 0.15) is 189 Å². The molecule has 0 aromatic heterocycles. The van der Waals surface area contributed by atoms with E-state index in [-0.39, 0.29) is 0 Å². The molecule has 3 aromatic carbocycles. The number of rotatable bonds is 35. The molecule has 56 heavy (non-hydrogen) atoms. The minimum atomic E-state index is -0.421. The minimum absolute atomic E-state index is 0.325. The molecule has 3 aromatic rings. The Labute approximate surface area is 341 Å². The summed E-state index contributed by atoms with van der Waals surface area (Å²) in [5, 5.41) is 0. The number of carbonyl (C=O) groups is 1. The molecule has 0 spiro atoms. The molecule has 0 aliphatic rings. The van der Waals surface area contributed by atoms with Crippen molar-refractivity contribution in [1.82, 2.24) is 0 Å². The van der Waals surface area contributed by atoms with Gasteiger partial charge >= 0.3 is 5.97 Å². The lowest BCUT2D eigenvalue weighted by molar-refractivity contribution is 0.0600. The molecule has 0 radical (unpaired) electrons. The van der Waals surface area contributed by atoms with E-state index < -0.39 is 5.97 Å². The molecule has 0 atom stereocenters. The molecule has 0 amide bonds. The van der Waals surface area contributed by atoms with Crippen molar-refractivity contribution in [3.8, 4) is 23.0 Å². The number of hydrogen-bond acceptors (Lipinski definition) is 6. The van der Waals surface area contributed by atoms with Gasteiger partial charge in [0.05, 0.1) is 25.9 Å². The van der Waals surface area contributed by atoms with Crippen molar-refractivity contribution in [1.29, 1.82) is 0 Å². The second kappa shape index (κ2) is 31.4. The summed E-state index contributed by atoms with van der Waals surface area (Å²) in [5.74, 6) is 2.38. The average molecular weight is 773 g/mol. The summed E-state index contributed by atoms with van der Waals surface area (Å²) in [6.45, 7) is 6.72. The molecule has 0 aliphatic heterocycles. The molecule has 0 unspecified atom stereocenters. The van der Waals surface area contributed by atoms with Crippen LogP contribution >= 0.6 is 0 Å². The summed E-state index contributed by atoms with van der Waals surface area (Å²) in [5.41, 5.74) is 2.42. The van der Waals surface area contributed by atoms with Gasteiger partial charge in [-0.15, -0.1) is 0 Å². The molecule has 0 saturated heterocycles. The van der Waals surface area contributed by atoms with E-state index in [2.05, 4.69) is 13.8 Å². The van der Waals surface area contributed by atoms with Crippen molar-refractivity contribution in [3.05, 3.63) is 83.4 Å². The van der Waals surface area contributed by atoms with Crippen molar-refractivity contribution in [2.75, 3.05) is 20.3 Å². The Hall–Kier alpha value is -3.67. The number of unbranched alkanes of at least 4 members (excludes halogenated alkanes) is 22. The summed E-state index contributed by atoms with van der Waals surface area (Å²) in [7, 11) is 1.38. The lowest BCUT2D eigenvalue weighted by Crippen LogP contribution is -2.05. The summed E-state index contributed by atoms with van der Waals surface area (Å²) in [6, 6.07) is 21.2. The van der Waals surface area contributed by atoms with Crippen LogP contribution in [0.15, 0.2) is 66.7 Å². The van der Waals surface area contributed by atoms with Gasteiger partial charge in [0.15, 0.2) is 11.5 Å². The normalized spacial score (nSPS) is 11.1. The van der Waals surface area contributed by atoms with E-state index in [1.54, 1.807) is 18.2 Å². The standard InChI is InChI=1S/C50H76O6/c1-4-6-8-10-12-14-16-18-20-22-24-26-38-53-46-33-28-43(29-34-46)41-55-48-37-32-45(50(51)52-3)40-49(48)56-42-44-30-35-47(36-31-44)54-39-27-25-23-21-19-17-15-13-11-9-7-5-2/h28-37,40H,4-27,38-39,41-42H2,1-3H3. The molecular weight excluding hydrogens is 697 g/mol. The van der Waals surface area contributed by atoms with E-state index in [0.29, 0.717) is 30.3 Å². The van der Waals surface area contributed by atoms with Crippen molar-refractivity contribution in [2.45, 2.75) is 181 Å². The second-order valence-electron chi connectivity index (χ2n) is 15.5. The van der Waals surface area contributed by atoms with Gasteiger partial charge in [-0.3, -0.25) is 0 Å². The first-order chi connectivity index (χ1) is 27.6. The summed E-state index contributed by atoms with van der Waals surface area (Å²) < 4.78 is 29.4. The first-order valence-corrected chi connectivity index (χ1v) is 22.5. The van der Waals surface area contributed by atoms with Crippen molar-refractivity contribution >= 4 is 5.97 Å². The van der Waals surface area contributed by atoms with Crippen LogP contribution in [0.3, 0.4) is 0 Å². The van der Waals surface area contributed by atoms with Crippen LogP contribution in [-0.2, 0) is 18.0 Å². The Balaban J connectivity index is 1.32. The van der Waals surface area contributed by atoms with Crippen molar-refractivity contribution in [2.24, 2.45) is 0 Å². The van der Waals surface area contributed by atoms with Crippen molar-refractivity contribution < 1.29 is 28.5 Å². The highest BCUT2D eigenvalue weighted by molar-refractivity contribution is 5.90. The monoisotopic (exact) mass is 773 g/mol. The highest BCUT2D eigenvalue weighted by atomic mass is 16.5. The predicted octanol–water partition coefficient (Wildman–Crippen LogP) is 14.8. The molecular formula is C50H76O6. The quantitative estimate of drug-likeness (QED) is 0.0438. The van der Waals surface area contributed by atoms with Crippen LogP contribution in [0.4, 0.5) is 0 Å². The lowest BCUT2D eigenvalue weighted by atomic mass is 10.1. The molecule has 0 aliphatic carbocycles. The van der Waals surface area contributed by atoms with Crippen molar-refractivity contribution in [3.63, 3.8) is 0 Å². The molecule has 312 valence electrons. The zero-order chi connectivity index (χ0) is 39.7. The van der Waals surface area contributed by atoms with Crippen LogP contribution < -0.4 is 18.9 Å². The summed E-state index contributed by atoms with van der Waals surface area (Å²) in [4.78, 5) is 12.3. The first-order valence-electron chi connectivity index (χ1n) is 22.5. The lowest BCUT2D eigenvalue weighted by Gasteiger charge is -2.15. The molecule has 0 N–H and O–H groups in total. The van der Waals surface area contributed by atoms with E-state index in [1.807, 2.05) is 48.5 Å². The van der Waals surface area contributed by atoms with E-state index in [1.165, 1.54) is 148 Å². The van der Waals surface area contributed by atoms with Gasteiger partial charge in [0.25, 0.3) is 0 Å². The van der Waals surface area contributed by atoms with E-state index in [0.717, 1.165) is 48.7 Å². The number of esters is 1. The van der Waals surface area contributed by atoms with Crippen LogP contribution in [0.25, 0.3) is 0 Å². The Morgan fingerprint density at radius 3 is 1.14 bits per heavy atom. The third-order valence-electron chi connectivity index (χ3n) is 10.5. The molecule has 3 rings (SSSR count). The Bertz CT molecular complexity index is 1390. The zero-order valence-corrected chi connectivity index (χ0v) is 35.6. The molecule has 6 nitrogen and oxygen atoms in total. The van der Waals surface area contributed by atoms with Crippen LogP contribution in [0, 0.1) is 0 Å². The van der Waals surface area contributed by atoms with Gasteiger partial charge in [0.1, 0.15) is 24.7 Å². The van der Waals surface area contributed by atoms with Crippen LogP contribution in [0.2, 0.25) is 0 Å². The summed E-state index contributed by atoms with van der Waals surface area (Å²) >= 11 is 0. The number of carbonyl (C=O) groups excluding carboxylic acids is 1. The van der Waals surface area contributed by atoms with E-state index in [4.69, 9.17) is 23.7 Å². The maximum absolute atomic E-state index is 12.3. The van der Waals surface area contributed by atoms with Crippen LogP contribution in [0.5, 0.6) is 23.0 Å². The largest absolute Gasteiger partial charge is 0.494 e. The fraction of sp³-hybridized carbons (Fsp3) is 0.620. The van der Waals surface area contributed by atoms with Gasteiger partial charge in [0, 0.05) is 0 Å². The maximum Gasteiger partial charge on any atom is 0.337 e. The molecule has 0 bridgehead atoms. The third-order valence-corrected chi connectivity index (χ3v) is 10.5. The fourth-order valence-corrected chi connectivity index (χ4v) is 6.94. The smallest absolute Gasteiger partial charge is 0.337 e. The SMILES string of the molecule is CCCCCCCCCCCCCCOc1ccc(COc2ccc(C(=O)OC)cc2OCc2ccc(OCCCCCCCCCCCCCC)cc2)cc1. The number of benzene rings is 3. The molecule has 0 heterocycles. The molecule has 6 heteroatoms. The number of ether oxygens (including phenoxy) is 5. The second-order valence-corrected chi connectivity index (χ2v) is 15.5. The van der Waals surface area contributed by atoms with E-state index in [9.17, 15) is 4.79 Å². The number of methoxy groups -OCH3 is 1. The minimum Gasteiger partial charge on any atom is -0.494 e. The highest BCUT2D eigenvalue weighted by Gasteiger charge is 2.13. The third kappa shape index (κ3) is 21.6. The fourth-order valence-electron chi connectivity index (χ4n) is 6.94. The predicted molar refractivity (Wildman–Crippen MR) is 232 cm³/mol. The van der Waals surface area contributed by atoms with Gasteiger partial charge in [-0.05, 0) is 66.4 Å². The molecule has 0 fully saturated rings. The average Bonchev–Trinajstić information content (AvgIpc) is 3.23. The summed E-state index contributed by atoms with van der Waals surface area (Å²) in [6.07, 6.45) is 32.0. The first kappa shape index (κ1) is 46.7. The van der Waals surface area contributed by atoms with Gasteiger partial charge < -0.3 is 23.7 Å². The number of hydrogen-bond donors (Lipinski definition) is 0. The Kier molecular flexibility index (Phi) is 26.2. The van der Waals surface area contributed by atoms with Crippen LogP contribution in [-0.4, -0.2) is 26.3 Å². The van der Waals surface area contributed by atoms with E-state index >= 15 is 0 Å². The maximum atomic E-state index is 12.3. The molecule has 0 saturated carbocycles. The van der Waals surface area contributed by atoms with Gasteiger partial charge in [-0.25, -0.2) is 4.79 Å². The zero-order valence-electron chi connectivity index (χ0n) is 35.6. The Morgan fingerprint density at radius 1 is 0.411 bits per heavy atom. The van der Waals surface area contributed by atoms with Gasteiger partial charge in [0.2, 0.25) is 0 Å². The Morgan fingerprint density at radius 2 is 0.768 bits per heavy atom. The highest BCUT2D eigenvalue weighted by Crippen LogP contribution is 2.31. The van der Waals surface area contributed by atoms with Gasteiger partial charge in [-0.1, -0.05) is 179 Å². The van der Waals surface area contributed by atoms with Gasteiger partial charge in [-0.2, -0.15) is 0 Å². The topological polar surface area (TPSA) is 63.2 Å².